The summed E-state index contributed by atoms with van der Waals surface area (Å²) in [6.45, 7) is 6.76. The quantitative estimate of drug-likeness (QED) is 0.540. The number of carboxylic acid groups (broad SMARTS) is 1. The van der Waals surface area contributed by atoms with E-state index in [1.807, 2.05) is 6.08 Å². The minimum absolute atomic E-state index is 0.0171. The second-order valence-electron chi connectivity index (χ2n) is 11.1. The van der Waals surface area contributed by atoms with E-state index in [4.69, 9.17) is 5.11 Å². The molecule has 29 heavy (non-hydrogen) atoms. The van der Waals surface area contributed by atoms with Crippen molar-refractivity contribution in [2.24, 2.45) is 46.3 Å². The molecule has 4 aliphatic rings. The predicted octanol–water partition coefficient (Wildman–Crippen LogP) is 3.22. The molecule has 4 rings (SSSR count). The van der Waals surface area contributed by atoms with Crippen LogP contribution in [0.25, 0.3) is 0 Å². The first kappa shape index (κ1) is 21.3. The summed E-state index contributed by atoms with van der Waals surface area (Å²) in [7, 11) is 0. The monoisotopic (exact) mass is 406 g/mol. The molecule has 0 saturated heterocycles. The normalized spacial score (nSPS) is 53.2. The number of allylic oxidation sites excluding steroid dienone is 1. The van der Waals surface area contributed by atoms with Crippen LogP contribution in [0.15, 0.2) is 12.2 Å². The van der Waals surface area contributed by atoms with E-state index in [2.05, 4.69) is 20.8 Å². The minimum Gasteiger partial charge on any atom is -0.478 e. The van der Waals surface area contributed by atoms with Crippen LogP contribution in [0, 0.1) is 46.3 Å². The summed E-state index contributed by atoms with van der Waals surface area (Å²) in [6.07, 6.45) is 7.81. The Morgan fingerprint density at radius 1 is 0.931 bits per heavy atom. The second-order valence-corrected chi connectivity index (χ2v) is 11.1. The standard InChI is InChI=1S/C24H38O5/c1-13(4-7-19(26)27)15-5-6-16-20-17(9-11-23(15,16)2)24(3)10-8-14(25)12-18(24)21(28)22(20)29/h4,7,13-18,20-22,25,28-29H,5-6,8-12H2,1-3H3,(H,26,27)/b7-4+/t13-,14-,15-,16+,17+,18+,20+,21+,22+,23-,24-/m1/s1. The van der Waals surface area contributed by atoms with Crippen LogP contribution >= 0.6 is 0 Å². The Balaban J connectivity index is 1.63. The molecule has 164 valence electrons. The highest BCUT2D eigenvalue weighted by Crippen LogP contribution is 2.68. The van der Waals surface area contributed by atoms with Gasteiger partial charge in [-0.05, 0) is 91.3 Å². The van der Waals surface area contributed by atoms with Crippen LogP contribution < -0.4 is 0 Å². The molecule has 0 amide bonds. The van der Waals surface area contributed by atoms with Crippen molar-refractivity contribution in [1.29, 1.82) is 0 Å². The Kier molecular flexibility index (Phi) is 5.40. The Hall–Kier alpha value is -0.910. The van der Waals surface area contributed by atoms with Gasteiger partial charge in [-0.25, -0.2) is 4.79 Å². The number of aliphatic hydroxyl groups is 3. The van der Waals surface area contributed by atoms with Crippen LogP contribution in [0.3, 0.4) is 0 Å². The third-order valence-corrected chi connectivity index (χ3v) is 9.98. The maximum absolute atomic E-state index is 11.3. The molecule has 4 fully saturated rings. The predicted molar refractivity (Wildman–Crippen MR) is 110 cm³/mol. The van der Waals surface area contributed by atoms with Crippen LogP contribution in [-0.4, -0.2) is 44.7 Å². The lowest BCUT2D eigenvalue weighted by Crippen LogP contribution is -2.64. The number of fused-ring (bicyclic) bond motifs is 5. The lowest BCUT2D eigenvalue weighted by molar-refractivity contribution is -0.223. The smallest absolute Gasteiger partial charge is 0.327 e. The Morgan fingerprint density at radius 2 is 1.59 bits per heavy atom. The van der Waals surface area contributed by atoms with E-state index in [1.165, 1.54) is 6.08 Å². The average molecular weight is 407 g/mol. The van der Waals surface area contributed by atoms with E-state index < -0.39 is 18.2 Å². The van der Waals surface area contributed by atoms with Gasteiger partial charge in [0.25, 0.3) is 0 Å². The van der Waals surface area contributed by atoms with Crippen LogP contribution in [-0.2, 0) is 4.79 Å². The fourth-order valence-electron chi connectivity index (χ4n) is 8.51. The van der Waals surface area contributed by atoms with Gasteiger partial charge in [-0.15, -0.1) is 0 Å². The third kappa shape index (κ3) is 3.19. The molecule has 0 aromatic heterocycles. The summed E-state index contributed by atoms with van der Waals surface area (Å²) in [6, 6.07) is 0. The number of aliphatic carboxylic acids is 1. The molecule has 0 unspecified atom stereocenters. The maximum Gasteiger partial charge on any atom is 0.327 e. The van der Waals surface area contributed by atoms with Crippen molar-refractivity contribution in [2.75, 3.05) is 0 Å². The fourth-order valence-corrected chi connectivity index (χ4v) is 8.51. The molecule has 0 spiro atoms. The van der Waals surface area contributed by atoms with Crippen molar-refractivity contribution in [2.45, 2.75) is 84.0 Å². The lowest BCUT2D eigenvalue weighted by Gasteiger charge is -2.63. The van der Waals surface area contributed by atoms with Gasteiger partial charge in [0.1, 0.15) is 0 Å². The Morgan fingerprint density at radius 3 is 2.28 bits per heavy atom. The van der Waals surface area contributed by atoms with Crippen molar-refractivity contribution < 1.29 is 25.2 Å². The highest BCUT2D eigenvalue weighted by atomic mass is 16.4. The van der Waals surface area contributed by atoms with Gasteiger partial charge in [0.15, 0.2) is 0 Å². The van der Waals surface area contributed by atoms with E-state index in [0.717, 1.165) is 38.5 Å². The molecule has 0 aromatic carbocycles. The van der Waals surface area contributed by atoms with Crippen molar-refractivity contribution >= 4 is 5.97 Å². The summed E-state index contributed by atoms with van der Waals surface area (Å²) >= 11 is 0. The third-order valence-electron chi connectivity index (χ3n) is 9.98. The number of hydrogen-bond donors (Lipinski definition) is 4. The number of carboxylic acids is 1. The summed E-state index contributed by atoms with van der Waals surface area (Å²) < 4.78 is 0. The average Bonchev–Trinajstić information content (AvgIpc) is 3.02. The van der Waals surface area contributed by atoms with Crippen LogP contribution in [0.4, 0.5) is 0 Å². The number of hydrogen-bond acceptors (Lipinski definition) is 4. The Bertz CT molecular complexity index is 676. The fraction of sp³-hybridized carbons (Fsp3) is 0.875. The molecule has 4 N–H and O–H groups in total. The van der Waals surface area contributed by atoms with Gasteiger partial charge in [0, 0.05) is 6.08 Å². The molecular weight excluding hydrogens is 368 g/mol. The van der Waals surface area contributed by atoms with Gasteiger partial charge >= 0.3 is 5.97 Å². The van der Waals surface area contributed by atoms with Gasteiger partial charge in [-0.1, -0.05) is 26.8 Å². The first-order chi connectivity index (χ1) is 13.6. The van der Waals surface area contributed by atoms with E-state index in [9.17, 15) is 20.1 Å². The zero-order valence-electron chi connectivity index (χ0n) is 18.0. The molecule has 0 radical (unpaired) electrons. The summed E-state index contributed by atoms with van der Waals surface area (Å²) in [4.78, 5) is 11.0. The van der Waals surface area contributed by atoms with Crippen LogP contribution in [0.5, 0.6) is 0 Å². The molecule has 0 bridgehead atoms. The van der Waals surface area contributed by atoms with Crippen molar-refractivity contribution in [1.82, 2.24) is 0 Å². The molecular formula is C24H38O5. The molecule has 11 atom stereocenters. The number of carbonyl (C=O) groups is 1. The second kappa shape index (κ2) is 7.35. The molecule has 4 saturated carbocycles. The molecule has 4 aliphatic carbocycles. The molecule has 5 heteroatoms. The molecule has 0 aliphatic heterocycles. The van der Waals surface area contributed by atoms with Gasteiger partial charge < -0.3 is 20.4 Å². The van der Waals surface area contributed by atoms with Gasteiger partial charge in [0.05, 0.1) is 18.3 Å². The maximum atomic E-state index is 11.3. The highest BCUT2D eigenvalue weighted by molar-refractivity contribution is 5.79. The first-order valence-electron chi connectivity index (χ1n) is 11.5. The van der Waals surface area contributed by atoms with E-state index >= 15 is 0 Å². The van der Waals surface area contributed by atoms with Gasteiger partial charge in [-0.2, -0.15) is 0 Å². The SMILES string of the molecule is C[C@H](/C=C/C(=O)O)[C@H]1CC[C@H]2[C@@H]3[C@H](O)[C@@H](O)[C@@H]4C[C@H](O)CC[C@]4(C)[C@H]3CC[C@]12C. The molecule has 0 aromatic rings. The highest BCUT2D eigenvalue weighted by Gasteiger charge is 2.65. The summed E-state index contributed by atoms with van der Waals surface area (Å²) in [5, 5.41) is 41.5. The van der Waals surface area contributed by atoms with Gasteiger partial charge in [0.2, 0.25) is 0 Å². The van der Waals surface area contributed by atoms with Gasteiger partial charge in [-0.3, -0.25) is 0 Å². The summed E-state index contributed by atoms with van der Waals surface area (Å²) in [5.41, 5.74) is 0.0539. The van der Waals surface area contributed by atoms with Crippen molar-refractivity contribution in [3.05, 3.63) is 12.2 Å². The number of rotatable bonds is 3. The number of aliphatic hydroxyl groups excluding tert-OH is 3. The van der Waals surface area contributed by atoms with Crippen molar-refractivity contribution in [3.8, 4) is 0 Å². The largest absolute Gasteiger partial charge is 0.478 e. The van der Waals surface area contributed by atoms with Crippen LogP contribution in [0.2, 0.25) is 0 Å². The van der Waals surface area contributed by atoms with Crippen molar-refractivity contribution in [3.63, 3.8) is 0 Å². The first-order valence-corrected chi connectivity index (χ1v) is 11.5. The van der Waals surface area contributed by atoms with E-state index in [0.29, 0.717) is 24.2 Å². The zero-order valence-corrected chi connectivity index (χ0v) is 18.0. The topological polar surface area (TPSA) is 98.0 Å². The van der Waals surface area contributed by atoms with E-state index in [-0.39, 0.29) is 34.7 Å². The zero-order chi connectivity index (χ0) is 21.1. The lowest BCUT2D eigenvalue weighted by atomic mass is 9.43. The minimum atomic E-state index is -0.899. The van der Waals surface area contributed by atoms with Crippen LogP contribution in [0.1, 0.15) is 65.7 Å². The molecule has 5 nitrogen and oxygen atoms in total. The van der Waals surface area contributed by atoms with E-state index in [1.54, 1.807) is 0 Å². The Labute approximate surface area is 174 Å². The molecule has 0 heterocycles. The summed E-state index contributed by atoms with van der Waals surface area (Å²) in [5.74, 6) is 0.525.